The van der Waals surface area contributed by atoms with Crippen molar-refractivity contribution in [2.24, 2.45) is 0 Å². The molecule has 2 amide bonds. The number of fused-ring (bicyclic) bond motifs is 1. The van der Waals surface area contributed by atoms with E-state index < -0.39 is 0 Å². The van der Waals surface area contributed by atoms with E-state index in [9.17, 15) is 9.59 Å². The van der Waals surface area contributed by atoms with Gasteiger partial charge in [0.2, 0.25) is 6.79 Å². The molecule has 0 atom stereocenters. The number of benzene rings is 1. The zero-order chi connectivity index (χ0) is 19.5. The van der Waals surface area contributed by atoms with Crippen molar-refractivity contribution < 1.29 is 23.8 Å². The van der Waals surface area contributed by atoms with E-state index in [2.05, 4.69) is 5.32 Å². The fraction of sp³-hybridized carbons (Fsp3) is 0.300. The predicted octanol–water partition coefficient (Wildman–Crippen LogP) is 3.10. The van der Waals surface area contributed by atoms with Crippen molar-refractivity contribution in [1.82, 2.24) is 4.90 Å². The van der Waals surface area contributed by atoms with Crippen LogP contribution in [0.25, 0.3) is 5.57 Å². The predicted molar refractivity (Wildman–Crippen MR) is 105 cm³/mol. The van der Waals surface area contributed by atoms with Gasteiger partial charge in [-0.15, -0.1) is 11.3 Å². The van der Waals surface area contributed by atoms with Crippen molar-refractivity contribution in [3.05, 3.63) is 46.3 Å². The van der Waals surface area contributed by atoms with E-state index in [0.29, 0.717) is 48.9 Å². The van der Waals surface area contributed by atoms with Crippen molar-refractivity contribution in [2.45, 2.75) is 13.3 Å². The van der Waals surface area contributed by atoms with Crippen molar-refractivity contribution >= 4 is 34.4 Å². The normalized spacial score (nSPS) is 15.7. The highest BCUT2D eigenvalue weighted by Gasteiger charge is 2.39. The van der Waals surface area contributed by atoms with Crippen LogP contribution in [0.5, 0.6) is 11.5 Å². The average molecular weight is 400 g/mol. The molecule has 0 aliphatic carbocycles. The number of carbonyl (C=O) groups excluding carboxylic acids is 2. The van der Waals surface area contributed by atoms with Gasteiger partial charge in [-0.3, -0.25) is 14.5 Å². The van der Waals surface area contributed by atoms with Crippen LogP contribution in [0.15, 0.2) is 41.4 Å². The fourth-order valence-corrected chi connectivity index (χ4v) is 3.90. The number of amides is 2. The van der Waals surface area contributed by atoms with Gasteiger partial charge in [-0.1, -0.05) is 6.07 Å². The minimum absolute atomic E-state index is 0.174. The summed E-state index contributed by atoms with van der Waals surface area (Å²) in [6, 6.07) is 9.03. The van der Waals surface area contributed by atoms with Gasteiger partial charge in [0.15, 0.2) is 11.5 Å². The molecule has 1 aromatic carbocycles. The van der Waals surface area contributed by atoms with Crippen molar-refractivity contribution in [3.8, 4) is 11.5 Å². The van der Waals surface area contributed by atoms with Crippen LogP contribution in [0.3, 0.4) is 0 Å². The number of rotatable bonds is 8. The molecule has 0 fully saturated rings. The summed E-state index contributed by atoms with van der Waals surface area (Å²) in [5.41, 5.74) is 1.34. The van der Waals surface area contributed by atoms with E-state index >= 15 is 0 Å². The molecule has 0 spiro atoms. The summed E-state index contributed by atoms with van der Waals surface area (Å²) in [6.45, 7) is 3.52. The highest BCUT2D eigenvalue weighted by molar-refractivity contribution is 7.11. The number of carbonyl (C=O) groups is 2. The topological polar surface area (TPSA) is 77.1 Å². The van der Waals surface area contributed by atoms with Gasteiger partial charge in [-0.2, -0.15) is 0 Å². The van der Waals surface area contributed by atoms with Gasteiger partial charge in [0.1, 0.15) is 5.70 Å². The Balaban J connectivity index is 1.61. The third kappa shape index (κ3) is 3.48. The zero-order valence-electron chi connectivity index (χ0n) is 15.4. The van der Waals surface area contributed by atoms with Gasteiger partial charge in [0, 0.05) is 36.4 Å². The van der Waals surface area contributed by atoms with Gasteiger partial charge in [-0.05, 0) is 36.9 Å². The first-order chi connectivity index (χ1) is 13.7. The number of hydrogen-bond donors (Lipinski definition) is 1. The Kier molecular flexibility index (Phi) is 5.31. The molecular formula is C20H20N2O5S. The molecule has 3 heterocycles. The lowest BCUT2D eigenvalue weighted by atomic mass is 10.2. The van der Waals surface area contributed by atoms with E-state index in [1.54, 1.807) is 18.2 Å². The summed E-state index contributed by atoms with van der Waals surface area (Å²) in [5, 5.41) is 5.01. The summed E-state index contributed by atoms with van der Waals surface area (Å²) >= 11 is 1.43. The molecule has 1 N–H and O–H groups in total. The van der Waals surface area contributed by atoms with E-state index in [1.165, 1.54) is 16.2 Å². The van der Waals surface area contributed by atoms with Crippen LogP contribution in [0, 0.1) is 0 Å². The van der Waals surface area contributed by atoms with Gasteiger partial charge in [-0.25, -0.2) is 0 Å². The van der Waals surface area contributed by atoms with Crippen LogP contribution in [0.1, 0.15) is 18.2 Å². The Morgan fingerprint density at radius 1 is 1.18 bits per heavy atom. The van der Waals surface area contributed by atoms with E-state index in [1.807, 2.05) is 24.4 Å². The number of ether oxygens (including phenoxy) is 3. The Morgan fingerprint density at radius 2 is 2.04 bits per heavy atom. The lowest BCUT2D eigenvalue weighted by Gasteiger charge is -2.15. The third-order valence-electron chi connectivity index (χ3n) is 4.45. The van der Waals surface area contributed by atoms with Crippen molar-refractivity contribution in [1.29, 1.82) is 0 Å². The molecule has 4 rings (SSSR count). The molecule has 2 aromatic rings. The minimum atomic E-state index is -0.331. The molecule has 2 aliphatic heterocycles. The Hall–Kier alpha value is -2.84. The molecule has 7 nitrogen and oxygen atoms in total. The smallest absolute Gasteiger partial charge is 0.278 e. The van der Waals surface area contributed by atoms with E-state index in [-0.39, 0.29) is 24.3 Å². The number of imide groups is 1. The number of thiophene rings is 1. The lowest BCUT2D eigenvalue weighted by Crippen LogP contribution is -2.33. The molecule has 0 saturated heterocycles. The maximum absolute atomic E-state index is 13.0. The van der Waals surface area contributed by atoms with Crippen LogP contribution in [-0.4, -0.2) is 43.3 Å². The summed E-state index contributed by atoms with van der Waals surface area (Å²) < 4.78 is 16.0. The Morgan fingerprint density at radius 3 is 2.82 bits per heavy atom. The Labute approximate surface area is 166 Å². The summed E-state index contributed by atoms with van der Waals surface area (Å²) in [6.07, 6.45) is 0.598. The zero-order valence-corrected chi connectivity index (χ0v) is 16.2. The van der Waals surface area contributed by atoms with Gasteiger partial charge >= 0.3 is 0 Å². The first-order valence-electron chi connectivity index (χ1n) is 9.07. The fourth-order valence-electron chi connectivity index (χ4n) is 3.13. The van der Waals surface area contributed by atoms with E-state index in [4.69, 9.17) is 14.2 Å². The second-order valence-corrected chi connectivity index (χ2v) is 7.18. The molecule has 2 aliphatic rings. The molecular weight excluding hydrogens is 380 g/mol. The average Bonchev–Trinajstić information content (AvgIpc) is 3.42. The number of anilines is 1. The highest BCUT2D eigenvalue weighted by atomic mass is 32.1. The monoisotopic (exact) mass is 400 g/mol. The maximum Gasteiger partial charge on any atom is 0.278 e. The number of nitrogens with one attached hydrogen (secondary N) is 1. The van der Waals surface area contributed by atoms with Crippen LogP contribution < -0.4 is 14.8 Å². The van der Waals surface area contributed by atoms with E-state index in [0.717, 1.165) is 4.88 Å². The van der Waals surface area contributed by atoms with Gasteiger partial charge in [0.25, 0.3) is 11.8 Å². The number of nitrogens with zero attached hydrogens (tertiary/aromatic N) is 1. The molecule has 28 heavy (non-hydrogen) atoms. The van der Waals surface area contributed by atoms with Crippen molar-refractivity contribution in [2.75, 3.05) is 31.9 Å². The lowest BCUT2D eigenvalue weighted by molar-refractivity contribution is -0.137. The standard InChI is InChI=1S/C20H20N2O5S/c1-2-25-9-4-8-22-19(23)17(16-5-3-10-28-16)18(20(22)24)21-13-6-7-14-15(11-13)27-12-26-14/h3,5-7,10-11,21H,2,4,8-9,12H2,1H3. The summed E-state index contributed by atoms with van der Waals surface area (Å²) in [4.78, 5) is 28.0. The first kappa shape index (κ1) is 18.5. The molecule has 146 valence electrons. The second kappa shape index (κ2) is 8.04. The Bertz CT molecular complexity index is 923. The quantitative estimate of drug-likeness (QED) is 0.542. The van der Waals surface area contributed by atoms with Gasteiger partial charge < -0.3 is 19.5 Å². The molecule has 0 unspecified atom stereocenters. The van der Waals surface area contributed by atoms with Crippen LogP contribution >= 0.6 is 11.3 Å². The first-order valence-corrected chi connectivity index (χ1v) is 9.95. The molecule has 0 radical (unpaired) electrons. The SMILES string of the molecule is CCOCCCN1C(=O)C(Nc2ccc3c(c2)OCO3)=C(c2cccs2)C1=O. The largest absolute Gasteiger partial charge is 0.454 e. The van der Waals surface area contributed by atoms with Crippen LogP contribution in [0.2, 0.25) is 0 Å². The van der Waals surface area contributed by atoms with Crippen molar-refractivity contribution in [3.63, 3.8) is 0 Å². The highest BCUT2D eigenvalue weighted by Crippen LogP contribution is 2.37. The minimum Gasteiger partial charge on any atom is -0.454 e. The molecule has 8 heteroatoms. The van der Waals surface area contributed by atoms with Gasteiger partial charge in [0.05, 0.1) is 5.57 Å². The molecule has 1 aromatic heterocycles. The maximum atomic E-state index is 13.0. The second-order valence-electron chi connectivity index (χ2n) is 6.23. The number of hydrogen-bond acceptors (Lipinski definition) is 7. The molecule has 0 bridgehead atoms. The summed E-state index contributed by atoms with van der Waals surface area (Å²) in [7, 11) is 0. The third-order valence-corrected chi connectivity index (χ3v) is 5.34. The molecule has 0 saturated carbocycles. The summed E-state index contributed by atoms with van der Waals surface area (Å²) in [5.74, 6) is 0.646. The van der Waals surface area contributed by atoms with Crippen LogP contribution in [-0.2, 0) is 14.3 Å². The van der Waals surface area contributed by atoms with Crippen LogP contribution in [0.4, 0.5) is 5.69 Å².